The lowest BCUT2D eigenvalue weighted by atomic mass is 10.3. The number of carbonyl (C=O) groups is 1. The molecule has 0 atom stereocenters. The van der Waals surface area contributed by atoms with Crippen molar-refractivity contribution in [3.05, 3.63) is 51.1 Å². The smallest absolute Gasteiger partial charge is 0.264 e. The van der Waals surface area contributed by atoms with Crippen LogP contribution in [0.15, 0.2) is 51.1 Å². The maximum absolute atomic E-state index is 12.6. The van der Waals surface area contributed by atoms with Gasteiger partial charge in [-0.05, 0) is 29.6 Å². The summed E-state index contributed by atoms with van der Waals surface area (Å²) in [4.78, 5) is 15.0. The number of hydrogen-bond donors (Lipinski definition) is 0. The maximum atomic E-state index is 12.6. The summed E-state index contributed by atoms with van der Waals surface area (Å²) in [5, 5.41) is 1.86. The van der Waals surface area contributed by atoms with Gasteiger partial charge in [-0.1, -0.05) is 28.1 Å². The Morgan fingerprint density at radius 3 is 2.43 bits per heavy atom. The van der Waals surface area contributed by atoms with Crippen molar-refractivity contribution in [3.63, 3.8) is 0 Å². The van der Waals surface area contributed by atoms with Gasteiger partial charge in [0, 0.05) is 30.7 Å². The van der Waals surface area contributed by atoms with Crippen molar-refractivity contribution in [1.82, 2.24) is 9.21 Å². The minimum absolute atomic E-state index is 0.0282. The van der Waals surface area contributed by atoms with Gasteiger partial charge in [-0.15, -0.1) is 11.3 Å². The Morgan fingerprint density at radius 2 is 1.83 bits per heavy atom. The van der Waals surface area contributed by atoms with E-state index in [-0.39, 0.29) is 10.8 Å². The fourth-order valence-corrected chi connectivity index (χ4v) is 5.17. The molecule has 0 spiro atoms. The van der Waals surface area contributed by atoms with Crippen molar-refractivity contribution in [1.29, 1.82) is 0 Å². The number of hydrogen-bond acceptors (Lipinski definition) is 4. The summed E-state index contributed by atoms with van der Waals surface area (Å²) < 4.78 is 27.5. The number of piperazine rings is 1. The standard InChI is InChI=1S/C15H15BrN2O3S2/c16-12-3-1-4-13(11-12)23(20,21)18-8-6-17(7-9-18)15(19)14-5-2-10-22-14/h1-5,10-11H,6-9H2. The molecule has 1 saturated heterocycles. The van der Waals surface area contributed by atoms with Gasteiger partial charge in [0.2, 0.25) is 10.0 Å². The van der Waals surface area contributed by atoms with Gasteiger partial charge in [-0.3, -0.25) is 4.79 Å². The van der Waals surface area contributed by atoms with Gasteiger partial charge in [-0.25, -0.2) is 8.42 Å². The molecule has 8 heteroatoms. The Kier molecular flexibility index (Phi) is 4.86. The maximum Gasteiger partial charge on any atom is 0.264 e. The van der Waals surface area contributed by atoms with E-state index in [9.17, 15) is 13.2 Å². The second kappa shape index (κ2) is 6.72. The molecule has 122 valence electrons. The average Bonchev–Trinajstić information content (AvgIpc) is 3.09. The fourth-order valence-electron chi connectivity index (χ4n) is 2.46. The Labute approximate surface area is 147 Å². The molecule has 23 heavy (non-hydrogen) atoms. The summed E-state index contributed by atoms with van der Waals surface area (Å²) in [6, 6.07) is 10.3. The molecule has 5 nitrogen and oxygen atoms in total. The Hall–Kier alpha value is -1.22. The minimum atomic E-state index is -3.52. The number of thiophene rings is 1. The SMILES string of the molecule is O=C(c1cccs1)N1CCN(S(=O)(=O)c2cccc(Br)c2)CC1. The third-order valence-corrected chi connectivity index (χ3v) is 6.94. The zero-order valence-electron chi connectivity index (χ0n) is 12.2. The molecular weight excluding hydrogens is 400 g/mol. The normalized spacial score (nSPS) is 16.5. The molecule has 0 saturated carbocycles. The van der Waals surface area contributed by atoms with Crippen molar-refractivity contribution >= 4 is 43.2 Å². The molecule has 0 aliphatic carbocycles. The van der Waals surface area contributed by atoms with Crippen LogP contribution < -0.4 is 0 Å². The molecule has 3 rings (SSSR count). The molecule has 1 aliphatic rings. The molecule has 0 N–H and O–H groups in total. The van der Waals surface area contributed by atoms with E-state index < -0.39 is 10.0 Å². The summed E-state index contributed by atoms with van der Waals surface area (Å²) in [5.41, 5.74) is 0. The van der Waals surface area contributed by atoms with Crippen LogP contribution in [-0.2, 0) is 10.0 Å². The quantitative estimate of drug-likeness (QED) is 0.775. The van der Waals surface area contributed by atoms with Gasteiger partial charge < -0.3 is 4.90 Å². The van der Waals surface area contributed by atoms with Crippen LogP contribution in [0.25, 0.3) is 0 Å². The van der Waals surface area contributed by atoms with Gasteiger partial charge in [0.15, 0.2) is 0 Å². The molecular formula is C15H15BrN2O3S2. The van der Waals surface area contributed by atoms with Crippen LogP contribution in [0.5, 0.6) is 0 Å². The lowest BCUT2D eigenvalue weighted by Gasteiger charge is -2.33. The second-order valence-electron chi connectivity index (χ2n) is 5.13. The molecule has 1 aromatic carbocycles. The predicted octanol–water partition coefficient (Wildman–Crippen LogP) is 2.66. The van der Waals surface area contributed by atoms with Crippen LogP contribution >= 0.6 is 27.3 Å². The third-order valence-electron chi connectivity index (χ3n) is 3.69. The largest absolute Gasteiger partial charge is 0.335 e. The highest BCUT2D eigenvalue weighted by Crippen LogP contribution is 2.22. The van der Waals surface area contributed by atoms with Crippen LogP contribution in [0, 0.1) is 0 Å². The molecule has 2 heterocycles. The van der Waals surface area contributed by atoms with Gasteiger partial charge >= 0.3 is 0 Å². The van der Waals surface area contributed by atoms with Crippen LogP contribution in [0.4, 0.5) is 0 Å². The Morgan fingerprint density at radius 1 is 1.09 bits per heavy atom. The van der Waals surface area contributed by atoms with E-state index in [0.29, 0.717) is 31.1 Å². The van der Waals surface area contributed by atoms with Crippen molar-refractivity contribution in [2.75, 3.05) is 26.2 Å². The van der Waals surface area contributed by atoms with E-state index in [1.165, 1.54) is 15.6 Å². The number of sulfonamides is 1. The lowest BCUT2D eigenvalue weighted by Crippen LogP contribution is -2.50. The fraction of sp³-hybridized carbons (Fsp3) is 0.267. The molecule has 1 aromatic heterocycles. The summed E-state index contributed by atoms with van der Waals surface area (Å²) in [6.45, 7) is 1.44. The van der Waals surface area contributed by atoms with Crippen LogP contribution in [0.2, 0.25) is 0 Å². The molecule has 0 radical (unpaired) electrons. The summed E-state index contributed by atoms with van der Waals surface area (Å²) in [6.07, 6.45) is 0. The highest BCUT2D eigenvalue weighted by molar-refractivity contribution is 9.10. The Balaban J connectivity index is 1.70. The molecule has 1 aliphatic heterocycles. The zero-order valence-corrected chi connectivity index (χ0v) is 15.4. The monoisotopic (exact) mass is 414 g/mol. The molecule has 1 amide bonds. The van der Waals surface area contributed by atoms with Gasteiger partial charge in [0.1, 0.15) is 0 Å². The van der Waals surface area contributed by atoms with Crippen molar-refractivity contribution in [2.24, 2.45) is 0 Å². The van der Waals surface area contributed by atoms with E-state index in [1.807, 2.05) is 11.4 Å². The van der Waals surface area contributed by atoms with Gasteiger partial charge in [0.05, 0.1) is 9.77 Å². The van der Waals surface area contributed by atoms with Crippen LogP contribution in [-0.4, -0.2) is 49.7 Å². The third kappa shape index (κ3) is 3.50. The van der Waals surface area contributed by atoms with E-state index in [1.54, 1.807) is 35.2 Å². The first-order valence-corrected chi connectivity index (χ1v) is 10.2. The van der Waals surface area contributed by atoms with Crippen molar-refractivity contribution in [2.45, 2.75) is 4.90 Å². The van der Waals surface area contributed by atoms with Crippen molar-refractivity contribution in [3.8, 4) is 0 Å². The number of halogens is 1. The average molecular weight is 415 g/mol. The summed E-state index contributed by atoms with van der Waals surface area (Å²) in [5.74, 6) is -0.0282. The first kappa shape index (κ1) is 16.6. The van der Waals surface area contributed by atoms with E-state index in [0.717, 1.165) is 4.47 Å². The first-order chi connectivity index (χ1) is 11.0. The number of rotatable bonds is 3. The predicted molar refractivity (Wildman–Crippen MR) is 93.1 cm³/mol. The number of carbonyl (C=O) groups excluding carboxylic acids is 1. The van der Waals surface area contributed by atoms with E-state index in [2.05, 4.69) is 15.9 Å². The first-order valence-electron chi connectivity index (χ1n) is 7.07. The van der Waals surface area contributed by atoms with Crippen LogP contribution in [0.1, 0.15) is 9.67 Å². The molecule has 0 unspecified atom stereocenters. The summed E-state index contributed by atoms with van der Waals surface area (Å²) >= 11 is 4.70. The van der Waals surface area contributed by atoms with Gasteiger partial charge in [0.25, 0.3) is 5.91 Å². The minimum Gasteiger partial charge on any atom is -0.335 e. The highest BCUT2D eigenvalue weighted by atomic mass is 79.9. The second-order valence-corrected chi connectivity index (χ2v) is 8.93. The van der Waals surface area contributed by atoms with Crippen LogP contribution in [0.3, 0.4) is 0 Å². The highest BCUT2D eigenvalue weighted by Gasteiger charge is 2.30. The number of nitrogens with zero attached hydrogens (tertiary/aromatic N) is 2. The van der Waals surface area contributed by atoms with Gasteiger partial charge in [-0.2, -0.15) is 4.31 Å². The summed E-state index contributed by atoms with van der Waals surface area (Å²) in [7, 11) is -3.52. The molecule has 0 bridgehead atoms. The number of amides is 1. The topological polar surface area (TPSA) is 57.7 Å². The van der Waals surface area contributed by atoms with E-state index in [4.69, 9.17) is 0 Å². The molecule has 2 aromatic rings. The zero-order chi connectivity index (χ0) is 16.4. The number of benzene rings is 1. The lowest BCUT2D eigenvalue weighted by molar-refractivity contribution is 0.0703. The van der Waals surface area contributed by atoms with E-state index >= 15 is 0 Å². The Bertz CT molecular complexity index is 798. The van der Waals surface area contributed by atoms with Crippen molar-refractivity contribution < 1.29 is 13.2 Å². The molecule has 1 fully saturated rings.